The summed E-state index contributed by atoms with van der Waals surface area (Å²) in [6.45, 7) is 4.00. The van der Waals surface area contributed by atoms with Gasteiger partial charge in [0.15, 0.2) is 5.16 Å². The summed E-state index contributed by atoms with van der Waals surface area (Å²) in [6, 6.07) is 11.2. The van der Waals surface area contributed by atoms with Gasteiger partial charge in [-0.2, -0.15) is 0 Å². The van der Waals surface area contributed by atoms with Crippen molar-refractivity contribution in [1.82, 2.24) is 9.55 Å². The molecule has 4 rings (SSSR count). The molecule has 33 heavy (non-hydrogen) atoms. The molecule has 1 amide bonds. The molecule has 2 aromatic carbocycles. The third-order valence-corrected chi connectivity index (χ3v) is 7.19. The molecule has 0 atom stereocenters. The van der Waals surface area contributed by atoms with Gasteiger partial charge in [-0.05, 0) is 49.2 Å². The number of ether oxygens (including phenoxy) is 2. The van der Waals surface area contributed by atoms with Crippen molar-refractivity contribution in [2.45, 2.75) is 30.3 Å². The minimum Gasteiger partial charge on any atom is -0.497 e. The van der Waals surface area contributed by atoms with Crippen LogP contribution in [0.15, 0.2) is 51.2 Å². The largest absolute Gasteiger partial charge is 0.497 e. The van der Waals surface area contributed by atoms with Crippen molar-refractivity contribution in [2.75, 3.05) is 31.0 Å². The van der Waals surface area contributed by atoms with Crippen LogP contribution in [0.5, 0.6) is 11.5 Å². The van der Waals surface area contributed by atoms with Crippen molar-refractivity contribution < 1.29 is 14.3 Å². The van der Waals surface area contributed by atoms with Crippen molar-refractivity contribution in [3.8, 4) is 17.2 Å². The summed E-state index contributed by atoms with van der Waals surface area (Å²) in [6.07, 6.45) is 0.754. The normalized spacial score (nSPS) is 12.4. The van der Waals surface area contributed by atoms with Crippen LogP contribution in [0.3, 0.4) is 0 Å². The lowest BCUT2D eigenvalue weighted by atomic mass is 10.1. The van der Waals surface area contributed by atoms with E-state index >= 15 is 0 Å². The number of benzene rings is 2. The van der Waals surface area contributed by atoms with Crippen LogP contribution in [0.2, 0.25) is 0 Å². The van der Waals surface area contributed by atoms with Crippen LogP contribution in [0, 0.1) is 13.8 Å². The Morgan fingerprint density at radius 3 is 2.61 bits per heavy atom. The van der Waals surface area contributed by atoms with E-state index in [9.17, 15) is 9.59 Å². The number of nitrogens with one attached hydrogen (secondary N) is 1. The van der Waals surface area contributed by atoms with E-state index in [2.05, 4.69) is 11.4 Å². The Hall–Kier alpha value is -2.91. The molecule has 0 fully saturated rings. The van der Waals surface area contributed by atoms with E-state index in [4.69, 9.17) is 14.5 Å². The number of rotatable bonds is 7. The fraction of sp³-hybridized carbons (Fsp3) is 0.292. The van der Waals surface area contributed by atoms with Gasteiger partial charge in [0, 0.05) is 18.2 Å². The fourth-order valence-electron chi connectivity index (χ4n) is 3.72. The number of carbonyl (C=O) groups is 1. The lowest BCUT2D eigenvalue weighted by Gasteiger charge is -2.15. The first kappa shape index (κ1) is 23.3. The van der Waals surface area contributed by atoms with E-state index in [1.807, 2.05) is 26.0 Å². The molecule has 7 nitrogen and oxygen atoms in total. The highest BCUT2D eigenvalue weighted by Gasteiger charge is 2.23. The third-order valence-electron chi connectivity index (χ3n) is 5.14. The van der Waals surface area contributed by atoms with Crippen LogP contribution in [-0.2, 0) is 11.2 Å². The molecule has 1 aliphatic rings. The van der Waals surface area contributed by atoms with Gasteiger partial charge in [-0.15, -0.1) is 11.8 Å². The number of aryl methyl sites for hydroxylation is 3. The Morgan fingerprint density at radius 1 is 1.15 bits per heavy atom. The number of thioether (sulfide) groups is 2. The van der Waals surface area contributed by atoms with Crippen LogP contribution in [0.1, 0.15) is 16.8 Å². The van der Waals surface area contributed by atoms with Gasteiger partial charge in [0.1, 0.15) is 11.5 Å². The zero-order valence-electron chi connectivity index (χ0n) is 18.9. The zero-order valence-corrected chi connectivity index (χ0v) is 20.6. The highest BCUT2D eigenvalue weighted by Crippen LogP contribution is 2.31. The average Bonchev–Trinajstić information content (AvgIpc) is 3.26. The Bertz CT molecular complexity index is 1250. The molecule has 0 saturated heterocycles. The van der Waals surface area contributed by atoms with Crippen molar-refractivity contribution in [2.24, 2.45) is 0 Å². The molecule has 172 valence electrons. The van der Waals surface area contributed by atoms with Crippen molar-refractivity contribution >= 4 is 35.1 Å². The lowest BCUT2D eigenvalue weighted by molar-refractivity contribution is -0.113. The second-order valence-corrected chi connectivity index (χ2v) is 9.71. The summed E-state index contributed by atoms with van der Waals surface area (Å²) in [5.41, 5.74) is 4.13. The second kappa shape index (κ2) is 9.93. The smallest absolute Gasteiger partial charge is 0.272 e. The van der Waals surface area contributed by atoms with Crippen LogP contribution in [0.25, 0.3) is 5.69 Å². The van der Waals surface area contributed by atoms with Crippen LogP contribution in [-0.4, -0.2) is 41.2 Å². The summed E-state index contributed by atoms with van der Waals surface area (Å²) in [7, 11) is 3.11. The summed E-state index contributed by atoms with van der Waals surface area (Å²) < 4.78 is 12.2. The Labute approximate surface area is 200 Å². The van der Waals surface area contributed by atoms with Crippen molar-refractivity contribution in [3.63, 3.8) is 0 Å². The maximum absolute atomic E-state index is 13.4. The van der Waals surface area contributed by atoms with E-state index in [0.717, 1.165) is 34.7 Å². The topological polar surface area (TPSA) is 82.5 Å². The van der Waals surface area contributed by atoms with Gasteiger partial charge in [-0.3, -0.25) is 14.2 Å². The molecular weight excluding hydrogens is 458 g/mol. The van der Waals surface area contributed by atoms with Gasteiger partial charge in [-0.25, -0.2) is 4.98 Å². The van der Waals surface area contributed by atoms with E-state index in [-0.39, 0.29) is 17.2 Å². The molecule has 0 radical (unpaired) electrons. The van der Waals surface area contributed by atoms with Crippen LogP contribution < -0.4 is 20.3 Å². The Balaban J connectivity index is 1.63. The van der Waals surface area contributed by atoms with Gasteiger partial charge >= 0.3 is 0 Å². The van der Waals surface area contributed by atoms with Gasteiger partial charge in [0.2, 0.25) is 5.91 Å². The Kier molecular flexibility index (Phi) is 6.99. The maximum Gasteiger partial charge on any atom is 0.272 e. The minimum atomic E-state index is -0.234. The summed E-state index contributed by atoms with van der Waals surface area (Å²) in [5, 5.41) is 3.38. The third kappa shape index (κ3) is 5.04. The number of fused-ring (bicyclic) bond motifs is 1. The molecule has 1 N–H and O–H groups in total. The molecule has 2 heterocycles. The first-order valence-electron chi connectivity index (χ1n) is 10.4. The molecule has 3 aromatic rings. The number of hydrogen-bond acceptors (Lipinski definition) is 7. The molecule has 0 aliphatic carbocycles. The van der Waals surface area contributed by atoms with E-state index in [1.54, 1.807) is 48.7 Å². The Morgan fingerprint density at radius 2 is 1.91 bits per heavy atom. The van der Waals surface area contributed by atoms with Gasteiger partial charge in [-0.1, -0.05) is 17.8 Å². The van der Waals surface area contributed by atoms with Gasteiger partial charge < -0.3 is 14.8 Å². The maximum atomic E-state index is 13.4. The first-order valence-corrected chi connectivity index (χ1v) is 12.4. The second-order valence-electron chi connectivity index (χ2n) is 7.66. The predicted molar refractivity (Wildman–Crippen MR) is 133 cm³/mol. The molecule has 1 aliphatic heterocycles. The number of hydrogen-bond donors (Lipinski definition) is 1. The van der Waals surface area contributed by atoms with Crippen LogP contribution >= 0.6 is 23.5 Å². The van der Waals surface area contributed by atoms with E-state index in [0.29, 0.717) is 27.2 Å². The number of methoxy groups -OCH3 is 2. The molecule has 0 spiro atoms. The van der Waals surface area contributed by atoms with E-state index < -0.39 is 0 Å². The number of carbonyl (C=O) groups excluding carboxylic acids is 1. The first-order chi connectivity index (χ1) is 15.9. The quantitative estimate of drug-likeness (QED) is 0.397. The fourth-order valence-corrected chi connectivity index (χ4v) is 5.58. The number of aromatic nitrogens is 2. The van der Waals surface area contributed by atoms with Gasteiger partial charge in [0.25, 0.3) is 5.56 Å². The monoisotopic (exact) mass is 483 g/mol. The van der Waals surface area contributed by atoms with Crippen molar-refractivity contribution in [3.05, 3.63) is 63.6 Å². The summed E-state index contributed by atoms with van der Waals surface area (Å²) >= 11 is 2.79. The molecular formula is C24H25N3O4S2. The van der Waals surface area contributed by atoms with Crippen molar-refractivity contribution in [1.29, 1.82) is 0 Å². The molecule has 0 saturated carbocycles. The number of nitrogens with zero attached hydrogens (tertiary/aromatic N) is 2. The summed E-state index contributed by atoms with van der Waals surface area (Å²) in [4.78, 5) is 31.6. The summed E-state index contributed by atoms with van der Waals surface area (Å²) in [5.74, 6) is 1.84. The molecule has 0 bridgehead atoms. The molecule has 9 heteroatoms. The minimum absolute atomic E-state index is 0.0788. The molecule has 0 unspecified atom stereocenters. The highest BCUT2D eigenvalue weighted by molar-refractivity contribution is 8.00. The van der Waals surface area contributed by atoms with Crippen LogP contribution in [0.4, 0.5) is 5.69 Å². The predicted octanol–water partition coefficient (Wildman–Crippen LogP) is 4.25. The zero-order chi connectivity index (χ0) is 23.5. The highest BCUT2D eigenvalue weighted by atomic mass is 32.2. The lowest BCUT2D eigenvalue weighted by Crippen LogP contribution is -2.25. The number of amides is 1. The van der Waals surface area contributed by atoms with E-state index in [1.165, 1.54) is 11.8 Å². The average molecular weight is 484 g/mol. The standard InChI is InChI=1S/C24H25N3O4S2/c1-14-9-15(2)11-16(10-14)27-23(29)22-18(7-8-32-22)26-24(27)33-13-21(28)25-19-12-17(30-3)5-6-20(19)31-4/h5-6,9-12H,7-8,13H2,1-4H3,(H,25,28). The molecule has 1 aromatic heterocycles. The SMILES string of the molecule is COc1ccc(OC)c(NC(=O)CSc2nc3c(c(=O)n2-c2cc(C)cc(C)c2)SCC3)c1. The number of anilines is 1. The van der Waals surface area contributed by atoms with Gasteiger partial charge in [0.05, 0.1) is 41.9 Å².